The molecule has 0 bridgehead atoms. The van der Waals surface area contributed by atoms with Crippen LogP contribution in [0.3, 0.4) is 0 Å². The highest BCUT2D eigenvalue weighted by atomic mass is 16.5. The van der Waals surface area contributed by atoms with Crippen LogP contribution in [0.1, 0.15) is 18.5 Å². The molecule has 96 valence electrons. The Morgan fingerprint density at radius 1 is 1.44 bits per heavy atom. The first-order valence-corrected chi connectivity index (χ1v) is 5.58. The van der Waals surface area contributed by atoms with Gasteiger partial charge in [-0.1, -0.05) is 0 Å². The Labute approximate surface area is 104 Å². The van der Waals surface area contributed by atoms with E-state index in [9.17, 15) is 9.59 Å². The predicted octanol–water partition coefficient (Wildman–Crippen LogP) is -0.538. The molecular formula is C11H14N4O3. The average Bonchev–Trinajstić information content (AvgIpc) is 2.40. The van der Waals surface area contributed by atoms with Crippen molar-refractivity contribution in [1.29, 1.82) is 0 Å². The van der Waals surface area contributed by atoms with Gasteiger partial charge in [-0.15, -0.1) is 10.2 Å². The number of methoxy groups -OCH3 is 1. The van der Waals surface area contributed by atoms with Crippen molar-refractivity contribution >= 4 is 11.8 Å². The van der Waals surface area contributed by atoms with E-state index in [4.69, 9.17) is 10.5 Å². The van der Waals surface area contributed by atoms with E-state index in [1.807, 2.05) is 0 Å². The van der Waals surface area contributed by atoms with Crippen molar-refractivity contribution in [3.63, 3.8) is 0 Å². The van der Waals surface area contributed by atoms with Crippen LogP contribution in [0.5, 0.6) is 5.88 Å². The van der Waals surface area contributed by atoms with Crippen molar-refractivity contribution in [3.05, 3.63) is 17.8 Å². The number of hydrogen-bond donors (Lipinski definition) is 1. The van der Waals surface area contributed by atoms with Crippen LogP contribution in [-0.4, -0.2) is 40.1 Å². The van der Waals surface area contributed by atoms with Gasteiger partial charge >= 0.3 is 0 Å². The smallest absolute Gasteiger partial charge is 0.246 e. The van der Waals surface area contributed by atoms with Gasteiger partial charge in [-0.25, -0.2) is 0 Å². The number of likely N-dealkylation sites (tertiary alicyclic amines) is 1. The molecule has 1 aromatic heterocycles. The number of nitrogens with zero attached hydrogens (tertiary/aromatic N) is 3. The van der Waals surface area contributed by atoms with Crippen LogP contribution in [0.2, 0.25) is 0 Å². The third kappa shape index (κ3) is 2.45. The SMILES string of the molecule is COc1ccc(CN2C(=O)CCC(N)C2=O)nn1. The second-order valence-electron chi connectivity index (χ2n) is 4.03. The van der Waals surface area contributed by atoms with Gasteiger partial charge in [0.25, 0.3) is 0 Å². The Bertz CT molecular complexity index is 460. The fourth-order valence-corrected chi connectivity index (χ4v) is 1.73. The Kier molecular flexibility index (Phi) is 3.52. The normalized spacial score (nSPS) is 20.1. The van der Waals surface area contributed by atoms with Gasteiger partial charge in [0.15, 0.2) is 0 Å². The first-order chi connectivity index (χ1) is 8.61. The summed E-state index contributed by atoms with van der Waals surface area (Å²) in [5, 5.41) is 7.65. The number of hydrogen-bond acceptors (Lipinski definition) is 6. The summed E-state index contributed by atoms with van der Waals surface area (Å²) < 4.78 is 4.88. The third-order valence-electron chi connectivity index (χ3n) is 2.78. The largest absolute Gasteiger partial charge is 0.480 e. The molecule has 7 nitrogen and oxygen atoms in total. The molecule has 2 amide bonds. The molecule has 1 atom stereocenters. The van der Waals surface area contributed by atoms with Crippen LogP contribution in [0.4, 0.5) is 0 Å². The van der Waals surface area contributed by atoms with E-state index in [1.165, 1.54) is 7.11 Å². The summed E-state index contributed by atoms with van der Waals surface area (Å²) >= 11 is 0. The summed E-state index contributed by atoms with van der Waals surface area (Å²) in [4.78, 5) is 24.6. The number of aromatic nitrogens is 2. The summed E-state index contributed by atoms with van der Waals surface area (Å²) in [6.45, 7) is 0.0996. The number of imide groups is 1. The molecule has 0 radical (unpaired) electrons. The van der Waals surface area contributed by atoms with Crippen molar-refractivity contribution in [2.24, 2.45) is 5.73 Å². The molecule has 1 aliphatic rings. The minimum absolute atomic E-state index is 0.0996. The van der Waals surface area contributed by atoms with E-state index in [0.29, 0.717) is 18.0 Å². The molecule has 7 heteroatoms. The van der Waals surface area contributed by atoms with Crippen molar-refractivity contribution in [1.82, 2.24) is 15.1 Å². The van der Waals surface area contributed by atoms with E-state index in [-0.39, 0.29) is 24.8 Å². The van der Waals surface area contributed by atoms with Gasteiger partial charge in [0.2, 0.25) is 17.7 Å². The summed E-state index contributed by atoms with van der Waals surface area (Å²) in [6.07, 6.45) is 0.693. The fraction of sp³-hybridized carbons (Fsp3) is 0.455. The van der Waals surface area contributed by atoms with Gasteiger partial charge in [0.05, 0.1) is 25.4 Å². The lowest BCUT2D eigenvalue weighted by atomic mass is 10.0. The molecule has 0 aromatic carbocycles. The molecule has 0 spiro atoms. The Balaban J connectivity index is 2.11. The van der Waals surface area contributed by atoms with E-state index in [1.54, 1.807) is 12.1 Å². The lowest BCUT2D eigenvalue weighted by Crippen LogP contribution is -2.50. The second-order valence-corrected chi connectivity index (χ2v) is 4.03. The molecule has 0 aliphatic carbocycles. The summed E-state index contributed by atoms with van der Waals surface area (Å²) in [7, 11) is 1.49. The average molecular weight is 250 g/mol. The Morgan fingerprint density at radius 2 is 2.22 bits per heavy atom. The highest BCUT2D eigenvalue weighted by Crippen LogP contribution is 2.15. The van der Waals surface area contributed by atoms with Crippen LogP contribution in [0.25, 0.3) is 0 Å². The molecule has 1 unspecified atom stereocenters. The standard InChI is InChI=1S/C11H14N4O3/c1-18-9-4-2-7(13-14-9)6-15-10(16)5-3-8(12)11(15)17/h2,4,8H,3,5-6,12H2,1H3. The van der Waals surface area contributed by atoms with Gasteiger partial charge in [-0.3, -0.25) is 14.5 Å². The molecule has 0 saturated carbocycles. The molecular weight excluding hydrogens is 236 g/mol. The lowest BCUT2D eigenvalue weighted by molar-refractivity contribution is -0.150. The Morgan fingerprint density at radius 3 is 2.83 bits per heavy atom. The molecule has 1 fully saturated rings. The number of carbonyl (C=O) groups is 2. The maximum absolute atomic E-state index is 11.8. The van der Waals surface area contributed by atoms with Gasteiger partial charge in [-0.05, 0) is 12.5 Å². The molecule has 1 aromatic rings. The molecule has 2 N–H and O–H groups in total. The van der Waals surface area contributed by atoms with Crippen molar-refractivity contribution in [3.8, 4) is 5.88 Å². The fourth-order valence-electron chi connectivity index (χ4n) is 1.73. The van der Waals surface area contributed by atoms with Gasteiger partial charge in [-0.2, -0.15) is 0 Å². The van der Waals surface area contributed by atoms with E-state index in [0.717, 1.165) is 4.90 Å². The van der Waals surface area contributed by atoms with Crippen LogP contribution < -0.4 is 10.5 Å². The highest BCUT2D eigenvalue weighted by molar-refractivity contribution is 6.00. The van der Waals surface area contributed by atoms with Gasteiger partial charge in [0, 0.05) is 12.5 Å². The molecule has 1 aliphatic heterocycles. The summed E-state index contributed by atoms with van der Waals surface area (Å²) in [6, 6.07) is 2.68. The second kappa shape index (κ2) is 5.09. The zero-order valence-electron chi connectivity index (χ0n) is 10.00. The molecule has 2 rings (SSSR count). The predicted molar refractivity (Wildman–Crippen MR) is 61.4 cm³/mol. The quantitative estimate of drug-likeness (QED) is 0.723. The third-order valence-corrected chi connectivity index (χ3v) is 2.78. The minimum atomic E-state index is -0.603. The van der Waals surface area contributed by atoms with Crippen LogP contribution in [0, 0.1) is 0 Å². The maximum atomic E-state index is 11.8. The van der Waals surface area contributed by atoms with E-state index < -0.39 is 6.04 Å². The van der Waals surface area contributed by atoms with Crippen molar-refractivity contribution in [2.45, 2.75) is 25.4 Å². The van der Waals surface area contributed by atoms with E-state index >= 15 is 0 Å². The highest BCUT2D eigenvalue weighted by Gasteiger charge is 2.32. The summed E-state index contributed by atoms with van der Waals surface area (Å²) in [5.74, 6) is -0.199. The summed E-state index contributed by atoms with van der Waals surface area (Å²) in [5.41, 5.74) is 6.15. The molecule has 1 saturated heterocycles. The van der Waals surface area contributed by atoms with Crippen molar-refractivity contribution in [2.75, 3.05) is 7.11 Å². The monoisotopic (exact) mass is 250 g/mol. The number of carbonyl (C=O) groups excluding carboxylic acids is 2. The van der Waals surface area contributed by atoms with E-state index in [2.05, 4.69) is 10.2 Å². The first-order valence-electron chi connectivity index (χ1n) is 5.58. The zero-order valence-corrected chi connectivity index (χ0v) is 10.00. The number of ether oxygens (including phenoxy) is 1. The van der Waals surface area contributed by atoms with Gasteiger partial charge in [0.1, 0.15) is 0 Å². The maximum Gasteiger partial charge on any atom is 0.246 e. The van der Waals surface area contributed by atoms with Crippen molar-refractivity contribution < 1.29 is 14.3 Å². The number of nitrogens with two attached hydrogens (primary N) is 1. The number of rotatable bonds is 3. The molecule has 2 heterocycles. The first kappa shape index (κ1) is 12.4. The van der Waals surface area contributed by atoms with Gasteiger partial charge < -0.3 is 10.5 Å². The lowest BCUT2D eigenvalue weighted by Gasteiger charge is -2.28. The minimum Gasteiger partial charge on any atom is -0.480 e. The van der Waals surface area contributed by atoms with Crippen LogP contribution >= 0.6 is 0 Å². The number of piperidine rings is 1. The Hall–Kier alpha value is -2.02. The topological polar surface area (TPSA) is 98.4 Å². The molecule has 18 heavy (non-hydrogen) atoms. The van der Waals surface area contributed by atoms with Crippen LogP contribution in [0.15, 0.2) is 12.1 Å². The van der Waals surface area contributed by atoms with Crippen LogP contribution in [-0.2, 0) is 16.1 Å². The number of amides is 2. The zero-order chi connectivity index (χ0) is 13.1.